The fourth-order valence-corrected chi connectivity index (χ4v) is 2.32. The SMILES string of the molecule is Cc1ccc(C(O)CC(C)CC(C)(C)C)cn1. The minimum absolute atomic E-state index is 0.324. The molecule has 1 aromatic heterocycles. The number of pyridine rings is 1. The molecule has 1 N–H and O–H groups in total. The van der Waals surface area contributed by atoms with Crippen molar-refractivity contribution < 1.29 is 5.11 Å². The van der Waals surface area contributed by atoms with Gasteiger partial charge in [0.25, 0.3) is 0 Å². The predicted molar refractivity (Wildman–Crippen MR) is 71.8 cm³/mol. The van der Waals surface area contributed by atoms with Gasteiger partial charge in [-0.2, -0.15) is 0 Å². The molecule has 2 nitrogen and oxygen atoms in total. The Labute approximate surface area is 105 Å². The molecule has 0 amide bonds. The van der Waals surface area contributed by atoms with E-state index in [4.69, 9.17) is 0 Å². The topological polar surface area (TPSA) is 33.1 Å². The van der Waals surface area contributed by atoms with E-state index in [0.29, 0.717) is 11.3 Å². The van der Waals surface area contributed by atoms with Crippen molar-refractivity contribution in [3.63, 3.8) is 0 Å². The van der Waals surface area contributed by atoms with Gasteiger partial charge in [0.05, 0.1) is 6.10 Å². The van der Waals surface area contributed by atoms with Gasteiger partial charge in [0.1, 0.15) is 0 Å². The Morgan fingerprint density at radius 2 is 1.94 bits per heavy atom. The quantitative estimate of drug-likeness (QED) is 0.859. The first-order valence-electron chi connectivity index (χ1n) is 6.38. The lowest BCUT2D eigenvalue weighted by Crippen LogP contribution is -2.13. The van der Waals surface area contributed by atoms with Crippen LogP contribution in [0.15, 0.2) is 18.3 Å². The highest BCUT2D eigenvalue weighted by Crippen LogP contribution is 2.30. The summed E-state index contributed by atoms with van der Waals surface area (Å²) in [6.07, 6.45) is 3.33. The van der Waals surface area contributed by atoms with Crippen LogP contribution in [0.5, 0.6) is 0 Å². The van der Waals surface area contributed by atoms with Crippen molar-refractivity contribution in [3.05, 3.63) is 29.6 Å². The zero-order valence-corrected chi connectivity index (χ0v) is 11.7. The van der Waals surface area contributed by atoms with Gasteiger partial charge < -0.3 is 5.11 Å². The maximum atomic E-state index is 10.1. The number of hydrogen-bond donors (Lipinski definition) is 1. The van der Waals surface area contributed by atoms with Gasteiger partial charge >= 0.3 is 0 Å². The van der Waals surface area contributed by atoms with Gasteiger partial charge in [-0.3, -0.25) is 4.98 Å². The van der Waals surface area contributed by atoms with E-state index in [9.17, 15) is 5.11 Å². The van der Waals surface area contributed by atoms with Crippen LogP contribution in [0.4, 0.5) is 0 Å². The summed E-state index contributed by atoms with van der Waals surface area (Å²) in [7, 11) is 0. The molecule has 0 saturated carbocycles. The second-order valence-corrected chi connectivity index (χ2v) is 6.35. The van der Waals surface area contributed by atoms with E-state index in [1.165, 1.54) is 0 Å². The maximum absolute atomic E-state index is 10.1. The van der Waals surface area contributed by atoms with Crippen LogP contribution >= 0.6 is 0 Å². The number of aromatic nitrogens is 1. The van der Waals surface area contributed by atoms with Crippen molar-refractivity contribution in [2.45, 2.75) is 53.6 Å². The summed E-state index contributed by atoms with van der Waals surface area (Å²) < 4.78 is 0. The highest BCUT2D eigenvalue weighted by molar-refractivity contribution is 5.15. The molecule has 1 rings (SSSR count). The van der Waals surface area contributed by atoms with Crippen LogP contribution in [0, 0.1) is 18.3 Å². The predicted octanol–water partition coefficient (Wildman–Crippen LogP) is 3.89. The summed E-state index contributed by atoms with van der Waals surface area (Å²) in [5.41, 5.74) is 2.24. The van der Waals surface area contributed by atoms with Crippen LogP contribution in [0.2, 0.25) is 0 Å². The van der Waals surface area contributed by atoms with Gasteiger partial charge in [-0.05, 0) is 42.7 Å². The third-order valence-electron chi connectivity index (χ3n) is 2.91. The molecule has 0 radical (unpaired) electrons. The summed E-state index contributed by atoms with van der Waals surface area (Å²) in [6, 6.07) is 3.92. The van der Waals surface area contributed by atoms with Crippen LogP contribution in [0.3, 0.4) is 0 Å². The van der Waals surface area contributed by atoms with Crippen LogP contribution in [0.25, 0.3) is 0 Å². The van der Waals surface area contributed by atoms with Gasteiger partial charge in [0, 0.05) is 11.9 Å². The minimum atomic E-state index is -0.388. The largest absolute Gasteiger partial charge is 0.388 e. The number of aryl methyl sites for hydroxylation is 1. The van der Waals surface area contributed by atoms with Crippen molar-refractivity contribution in [2.24, 2.45) is 11.3 Å². The Morgan fingerprint density at radius 1 is 1.29 bits per heavy atom. The van der Waals surface area contributed by atoms with Crippen LogP contribution in [0.1, 0.15) is 57.9 Å². The molecule has 96 valence electrons. The van der Waals surface area contributed by atoms with Crippen LogP contribution in [-0.4, -0.2) is 10.1 Å². The second kappa shape index (κ2) is 5.63. The van der Waals surface area contributed by atoms with E-state index < -0.39 is 0 Å². The van der Waals surface area contributed by atoms with Gasteiger partial charge in [0.15, 0.2) is 0 Å². The zero-order valence-electron chi connectivity index (χ0n) is 11.7. The third-order valence-corrected chi connectivity index (χ3v) is 2.91. The van der Waals surface area contributed by atoms with Crippen molar-refractivity contribution in [1.82, 2.24) is 4.98 Å². The Balaban J connectivity index is 2.54. The highest BCUT2D eigenvalue weighted by atomic mass is 16.3. The van der Waals surface area contributed by atoms with Gasteiger partial charge in [-0.15, -0.1) is 0 Å². The fourth-order valence-electron chi connectivity index (χ4n) is 2.32. The Bertz CT molecular complexity index is 337. The summed E-state index contributed by atoms with van der Waals surface area (Å²) in [6.45, 7) is 10.9. The lowest BCUT2D eigenvalue weighted by molar-refractivity contribution is 0.133. The van der Waals surface area contributed by atoms with Gasteiger partial charge in [0.2, 0.25) is 0 Å². The summed E-state index contributed by atoms with van der Waals surface area (Å²) in [5, 5.41) is 10.1. The maximum Gasteiger partial charge on any atom is 0.0807 e. The first-order chi connectivity index (χ1) is 7.78. The average molecular weight is 235 g/mol. The van der Waals surface area contributed by atoms with Crippen molar-refractivity contribution >= 4 is 0 Å². The molecule has 0 bridgehead atoms. The first-order valence-corrected chi connectivity index (χ1v) is 6.38. The Kier molecular flexibility index (Phi) is 4.70. The van der Waals surface area contributed by atoms with Crippen LogP contribution in [-0.2, 0) is 0 Å². The van der Waals surface area contributed by atoms with Gasteiger partial charge in [-0.25, -0.2) is 0 Å². The van der Waals surface area contributed by atoms with Crippen LogP contribution < -0.4 is 0 Å². The average Bonchev–Trinajstić information content (AvgIpc) is 2.15. The summed E-state index contributed by atoms with van der Waals surface area (Å²) in [5.74, 6) is 0.520. The lowest BCUT2D eigenvalue weighted by Gasteiger charge is -2.24. The fraction of sp³-hybridized carbons (Fsp3) is 0.667. The van der Waals surface area contributed by atoms with E-state index in [-0.39, 0.29) is 6.10 Å². The molecular weight excluding hydrogens is 210 g/mol. The van der Waals surface area contributed by atoms with Crippen molar-refractivity contribution in [1.29, 1.82) is 0 Å². The molecular formula is C15H25NO. The molecule has 2 heteroatoms. The van der Waals surface area contributed by atoms with Gasteiger partial charge in [-0.1, -0.05) is 33.8 Å². The van der Waals surface area contributed by atoms with E-state index in [1.807, 2.05) is 19.1 Å². The highest BCUT2D eigenvalue weighted by Gasteiger charge is 2.18. The molecule has 0 saturated heterocycles. The van der Waals surface area contributed by atoms with Crippen molar-refractivity contribution in [2.75, 3.05) is 0 Å². The Hall–Kier alpha value is -0.890. The number of aliphatic hydroxyl groups excluding tert-OH is 1. The standard InChI is InChI=1S/C15H25NO/c1-11(9-15(3,4)5)8-14(17)13-7-6-12(2)16-10-13/h6-7,10-11,14,17H,8-9H2,1-5H3. The number of rotatable bonds is 4. The monoisotopic (exact) mass is 235 g/mol. The third kappa shape index (κ3) is 5.31. The minimum Gasteiger partial charge on any atom is -0.388 e. The molecule has 2 atom stereocenters. The molecule has 0 aliphatic rings. The van der Waals surface area contributed by atoms with E-state index >= 15 is 0 Å². The summed E-state index contributed by atoms with van der Waals surface area (Å²) in [4.78, 5) is 4.22. The molecule has 0 aliphatic heterocycles. The van der Waals surface area contributed by atoms with E-state index in [1.54, 1.807) is 6.20 Å². The molecule has 1 aromatic rings. The molecule has 0 spiro atoms. The zero-order chi connectivity index (χ0) is 13.1. The normalized spacial score (nSPS) is 15.6. The summed E-state index contributed by atoms with van der Waals surface area (Å²) >= 11 is 0. The lowest BCUT2D eigenvalue weighted by atomic mass is 9.82. The van der Waals surface area contributed by atoms with E-state index in [2.05, 4.69) is 32.7 Å². The number of aliphatic hydroxyl groups is 1. The smallest absolute Gasteiger partial charge is 0.0807 e. The van der Waals surface area contributed by atoms with E-state index in [0.717, 1.165) is 24.1 Å². The molecule has 1 heterocycles. The molecule has 17 heavy (non-hydrogen) atoms. The molecule has 2 unspecified atom stereocenters. The molecule has 0 aliphatic carbocycles. The molecule has 0 aromatic carbocycles. The molecule has 0 fully saturated rings. The Morgan fingerprint density at radius 3 is 2.41 bits per heavy atom. The number of hydrogen-bond acceptors (Lipinski definition) is 2. The number of nitrogens with zero attached hydrogens (tertiary/aromatic N) is 1. The van der Waals surface area contributed by atoms with Crippen molar-refractivity contribution in [3.8, 4) is 0 Å². The first kappa shape index (κ1) is 14.2. The second-order valence-electron chi connectivity index (χ2n) is 6.35.